The largest absolute Gasteiger partial charge is 0.350 e. The van der Waals surface area contributed by atoms with Gasteiger partial charge in [-0.1, -0.05) is 24.3 Å². The lowest BCUT2D eigenvalue weighted by molar-refractivity contribution is -0.123. The summed E-state index contributed by atoms with van der Waals surface area (Å²) >= 11 is 0. The number of benzene rings is 1. The summed E-state index contributed by atoms with van der Waals surface area (Å²) in [6.45, 7) is 0.600. The van der Waals surface area contributed by atoms with Gasteiger partial charge in [0, 0.05) is 6.54 Å². The Balaban J connectivity index is 2.48. The van der Waals surface area contributed by atoms with E-state index < -0.39 is 6.04 Å². The van der Waals surface area contributed by atoms with Gasteiger partial charge in [0.1, 0.15) is 6.04 Å². The van der Waals surface area contributed by atoms with Crippen LogP contribution in [0.1, 0.15) is 17.2 Å². The highest BCUT2D eigenvalue weighted by Crippen LogP contribution is 2.19. The van der Waals surface area contributed by atoms with E-state index in [-0.39, 0.29) is 5.91 Å². The molecule has 2 rings (SSSR count). The molecule has 1 aromatic carbocycles. The van der Waals surface area contributed by atoms with E-state index in [1.165, 1.54) is 0 Å². The molecule has 0 fully saturated rings. The molecule has 1 aromatic rings. The van der Waals surface area contributed by atoms with Gasteiger partial charge in [-0.15, -0.1) is 0 Å². The molecule has 1 heterocycles. The van der Waals surface area contributed by atoms with Crippen LogP contribution < -0.4 is 11.1 Å². The maximum atomic E-state index is 11.1. The van der Waals surface area contributed by atoms with Crippen molar-refractivity contribution in [2.45, 2.75) is 12.6 Å². The van der Waals surface area contributed by atoms with E-state index in [4.69, 9.17) is 5.73 Å². The molecule has 3 nitrogen and oxygen atoms in total. The first-order chi connectivity index (χ1) is 5.79. The Hall–Kier alpha value is -1.35. The van der Waals surface area contributed by atoms with Crippen LogP contribution in [-0.4, -0.2) is 5.91 Å². The van der Waals surface area contributed by atoms with E-state index >= 15 is 0 Å². The molecular formula is C9H10N2O. The molecule has 3 heteroatoms. The van der Waals surface area contributed by atoms with Gasteiger partial charge in [-0.2, -0.15) is 0 Å². The Morgan fingerprint density at radius 1 is 1.42 bits per heavy atom. The number of fused-ring (bicyclic) bond motifs is 1. The van der Waals surface area contributed by atoms with Crippen LogP contribution in [0.15, 0.2) is 24.3 Å². The van der Waals surface area contributed by atoms with Gasteiger partial charge in [0.05, 0.1) is 0 Å². The van der Waals surface area contributed by atoms with Crippen LogP contribution in [0.3, 0.4) is 0 Å². The minimum atomic E-state index is -0.491. The number of amides is 1. The highest BCUT2D eigenvalue weighted by molar-refractivity contribution is 5.84. The van der Waals surface area contributed by atoms with E-state index in [2.05, 4.69) is 5.32 Å². The van der Waals surface area contributed by atoms with Crippen molar-refractivity contribution in [3.05, 3.63) is 35.4 Å². The van der Waals surface area contributed by atoms with Gasteiger partial charge >= 0.3 is 0 Å². The maximum absolute atomic E-state index is 11.1. The van der Waals surface area contributed by atoms with Crippen molar-refractivity contribution in [3.63, 3.8) is 0 Å². The normalized spacial score (nSPS) is 21.4. The van der Waals surface area contributed by atoms with Crippen LogP contribution >= 0.6 is 0 Å². The van der Waals surface area contributed by atoms with E-state index in [1.54, 1.807) is 0 Å². The average Bonchev–Trinajstić information content (AvgIpc) is 2.12. The molecule has 1 amide bonds. The lowest BCUT2D eigenvalue weighted by Gasteiger charge is -2.21. The number of nitrogens with one attached hydrogen (secondary N) is 1. The van der Waals surface area contributed by atoms with Crippen molar-refractivity contribution in [2.75, 3.05) is 0 Å². The van der Waals surface area contributed by atoms with Gasteiger partial charge in [-0.25, -0.2) is 0 Å². The van der Waals surface area contributed by atoms with Crippen molar-refractivity contribution < 1.29 is 4.79 Å². The molecule has 0 radical (unpaired) electrons. The van der Waals surface area contributed by atoms with Gasteiger partial charge < -0.3 is 11.1 Å². The zero-order valence-electron chi connectivity index (χ0n) is 6.58. The first-order valence-electron chi connectivity index (χ1n) is 3.90. The molecule has 0 bridgehead atoms. The quantitative estimate of drug-likeness (QED) is 0.577. The van der Waals surface area contributed by atoms with Crippen LogP contribution in [0.25, 0.3) is 0 Å². The summed E-state index contributed by atoms with van der Waals surface area (Å²) < 4.78 is 0. The van der Waals surface area contributed by atoms with E-state index in [1.807, 2.05) is 24.3 Å². The van der Waals surface area contributed by atoms with Crippen LogP contribution in [0.5, 0.6) is 0 Å². The van der Waals surface area contributed by atoms with Crippen molar-refractivity contribution >= 4 is 5.91 Å². The monoisotopic (exact) mass is 162 g/mol. The number of rotatable bonds is 0. The van der Waals surface area contributed by atoms with E-state index in [0.29, 0.717) is 6.54 Å². The Kier molecular flexibility index (Phi) is 1.59. The summed E-state index contributed by atoms with van der Waals surface area (Å²) in [6.07, 6.45) is 0. The number of hydrogen-bond donors (Lipinski definition) is 2. The van der Waals surface area contributed by atoms with Crippen LogP contribution in [0, 0.1) is 0 Å². The second-order valence-corrected chi connectivity index (χ2v) is 2.89. The standard InChI is InChI=1S/C9H10N2O/c10-8-7-4-2-1-3-6(7)5-11-9(8)12/h1-4,8H,5,10H2,(H,11,12)/t8-/m0/s1. The second-order valence-electron chi connectivity index (χ2n) is 2.89. The summed E-state index contributed by atoms with van der Waals surface area (Å²) in [4.78, 5) is 11.1. The third-order valence-corrected chi connectivity index (χ3v) is 2.13. The third kappa shape index (κ3) is 0.987. The zero-order valence-corrected chi connectivity index (χ0v) is 6.58. The predicted octanol–water partition coefficient (Wildman–Crippen LogP) is 0.316. The highest BCUT2D eigenvalue weighted by atomic mass is 16.2. The number of hydrogen-bond acceptors (Lipinski definition) is 2. The smallest absolute Gasteiger partial charge is 0.241 e. The molecule has 1 atom stereocenters. The molecule has 0 aromatic heterocycles. The minimum Gasteiger partial charge on any atom is -0.350 e. The predicted molar refractivity (Wildman–Crippen MR) is 45.2 cm³/mol. The second kappa shape index (κ2) is 2.60. The third-order valence-electron chi connectivity index (χ3n) is 2.13. The van der Waals surface area contributed by atoms with Crippen LogP contribution in [0.2, 0.25) is 0 Å². The highest BCUT2D eigenvalue weighted by Gasteiger charge is 2.22. The molecule has 0 aliphatic carbocycles. The van der Waals surface area contributed by atoms with Crippen LogP contribution in [-0.2, 0) is 11.3 Å². The Bertz CT molecular complexity index is 322. The molecule has 3 N–H and O–H groups in total. The molecule has 0 unspecified atom stereocenters. The number of nitrogens with two attached hydrogens (primary N) is 1. The molecule has 1 aliphatic rings. The van der Waals surface area contributed by atoms with Gasteiger partial charge in [-0.3, -0.25) is 4.79 Å². The molecule has 12 heavy (non-hydrogen) atoms. The molecule has 1 aliphatic heterocycles. The lowest BCUT2D eigenvalue weighted by atomic mass is 9.97. The summed E-state index contributed by atoms with van der Waals surface area (Å²) in [6, 6.07) is 7.24. The SMILES string of the molecule is N[C@@H]1C(=O)NCc2ccccc21. The van der Waals surface area contributed by atoms with Crippen molar-refractivity contribution in [1.29, 1.82) is 0 Å². The van der Waals surface area contributed by atoms with Gasteiger partial charge in [0.2, 0.25) is 5.91 Å². The molecule has 0 saturated heterocycles. The average molecular weight is 162 g/mol. The maximum Gasteiger partial charge on any atom is 0.241 e. The minimum absolute atomic E-state index is 0.0892. The fourth-order valence-corrected chi connectivity index (χ4v) is 1.43. The lowest BCUT2D eigenvalue weighted by Crippen LogP contribution is -2.38. The van der Waals surface area contributed by atoms with Crippen molar-refractivity contribution in [2.24, 2.45) is 5.73 Å². The van der Waals surface area contributed by atoms with Crippen molar-refractivity contribution in [1.82, 2.24) is 5.32 Å². The summed E-state index contributed by atoms with van der Waals surface area (Å²) in [5.41, 5.74) is 7.74. The molecule has 62 valence electrons. The summed E-state index contributed by atoms with van der Waals surface area (Å²) in [5.74, 6) is -0.0892. The Morgan fingerprint density at radius 2 is 2.17 bits per heavy atom. The van der Waals surface area contributed by atoms with E-state index in [9.17, 15) is 4.79 Å². The number of carbonyl (C=O) groups excluding carboxylic acids is 1. The van der Waals surface area contributed by atoms with Gasteiger partial charge in [-0.05, 0) is 11.1 Å². The molecule has 0 saturated carbocycles. The Morgan fingerprint density at radius 3 is 3.00 bits per heavy atom. The molecular weight excluding hydrogens is 152 g/mol. The first kappa shape index (κ1) is 7.31. The van der Waals surface area contributed by atoms with Crippen molar-refractivity contribution in [3.8, 4) is 0 Å². The first-order valence-corrected chi connectivity index (χ1v) is 3.90. The fraction of sp³-hybridized carbons (Fsp3) is 0.222. The van der Waals surface area contributed by atoms with E-state index in [0.717, 1.165) is 11.1 Å². The van der Waals surface area contributed by atoms with Gasteiger partial charge in [0.15, 0.2) is 0 Å². The zero-order chi connectivity index (χ0) is 8.55. The van der Waals surface area contributed by atoms with Gasteiger partial charge in [0.25, 0.3) is 0 Å². The summed E-state index contributed by atoms with van der Waals surface area (Å²) in [5, 5.41) is 2.72. The fourth-order valence-electron chi connectivity index (χ4n) is 1.43. The Labute approximate surface area is 70.6 Å². The number of carbonyl (C=O) groups is 1. The topological polar surface area (TPSA) is 55.1 Å². The summed E-state index contributed by atoms with van der Waals surface area (Å²) in [7, 11) is 0. The van der Waals surface area contributed by atoms with Crippen LogP contribution in [0.4, 0.5) is 0 Å². The molecule has 0 spiro atoms.